The van der Waals surface area contributed by atoms with Crippen molar-refractivity contribution in [3.05, 3.63) is 75.6 Å². The molecule has 3 aromatic rings. The van der Waals surface area contributed by atoms with E-state index in [1.54, 1.807) is 24.3 Å². The molecule has 132 valence electrons. The maximum absolute atomic E-state index is 12.7. The van der Waals surface area contributed by atoms with E-state index in [9.17, 15) is 9.59 Å². The predicted molar refractivity (Wildman–Crippen MR) is 96.8 cm³/mol. The van der Waals surface area contributed by atoms with Crippen molar-refractivity contribution in [2.75, 3.05) is 6.61 Å². The summed E-state index contributed by atoms with van der Waals surface area (Å²) in [4.78, 5) is 24.3. The van der Waals surface area contributed by atoms with Gasteiger partial charge >= 0.3 is 5.63 Å². The molecule has 0 saturated carbocycles. The SMILES string of the molecule is CCO[C@@H]1C[C@H](c2ccccc2C=O)c2c(c3ccccc3oc2=O)O1. The molecule has 0 radical (unpaired) electrons. The van der Waals surface area contributed by atoms with Gasteiger partial charge in [-0.2, -0.15) is 0 Å². The fourth-order valence-corrected chi connectivity index (χ4v) is 3.56. The number of fused-ring (bicyclic) bond motifs is 3. The minimum atomic E-state index is -0.498. The number of aldehydes is 1. The highest BCUT2D eigenvalue weighted by molar-refractivity contribution is 5.85. The smallest absolute Gasteiger partial charge is 0.343 e. The lowest BCUT2D eigenvalue weighted by atomic mass is 9.84. The van der Waals surface area contributed by atoms with Crippen molar-refractivity contribution in [3.63, 3.8) is 0 Å². The summed E-state index contributed by atoms with van der Waals surface area (Å²) in [5.74, 6) is 0.143. The van der Waals surface area contributed by atoms with E-state index in [1.807, 2.05) is 31.2 Å². The zero-order valence-corrected chi connectivity index (χ0v) is 14.3. The van der Waals surface area contributed by atoms with Crippen LogP contribution < -0.4 is 10.4 Å². The first-order chi connectivity index (χ1) is 12.7. The third-order valence-electron chi connectivity index (χ3n) is 4.68. The second-order valence-corrected chi connectivity index (χ2v) is 6.17. The van der Waals surface area contributed by atoms with Crippen molar-refractivity contribution in [1.82, 2.24) is 0 Å². The Kier molecular flexibility index (Phi) is 4.31. The monoisotopic (exact) mass is 350 g/mol. The molecule has 26 heavy (non-hydrogen) atoms. The van der Waals surface area contributed by atoms with Gasteiger partial charge in [0.2, 0.25) is 6.29 Å². The Labute approximate surface area is 150 Å². The van der Waals surface area contributed by atoms with Gasteiger partial charge < -0.3 is 13.9 Å². The molecule has 0 saturated heterocycles. The van der Waals surface area contributed by atoms with Gasteiger partial charge in [0.05, 0.1) is 10.9 Å². The molecule has 0 N–H and O–H groups in total. The summed E-state index contributed by atoms with van der Waals surface area (Å²) < 4.78 is 17.2. The number of hydrogen-bond donors (Lipinski definition) is 0. The van der Waals surface area contributed by atoms with Gasteiger partial charge in [0.15, 0.2) is 0 Å². The number of carbonyl (C=O) groups excluding carboxylic acids is 1. The van der Waals surface area contributed by atoms with E-state index >= 15 is 0 Å². The molecule has 1 aliphatic heterocycles. The summed E-state index contributed by atoms with van der Waals surface area (Å²) in [6.45, 7) is 2.38. The molecule has 4 rings (SSSR count). The topological polar surface area (TPSA) is 65.7 Å². The van der Waals surface area contributed by atoms with Gasteiger partial charge in [-0.25, -0.2) is 4.79 Å². The average molecular weight is 350 g/mol. The van der Waals surface area contributed by atoms with E-state index in [0.717, 1.165) is 17.2 Å². The Hall–Kier alpha value is -2.92. The van der Waals surface area contributed by atoms with E-state index in [0.29, 0.717) is 35.5 Å². The first-order valence-corrected chi connectivity index (χ1v) is 8.61. The third kappa shape index (κ3) is 2.70. The lowest BCUT2D eigenvalue weighted by Gasteiger charge is -2.32. The number of para-hydroxylation sites is 1. The molecule has 5 nitrogen and oxygen atoms in total. The van der Waals surface area contributed by atoms with Gasteiger partial charge in [-0.1, -0.05) is 36.4 Å². The van der Waals surface area contributed by atoms with Crippen LogP contribution in [0.2, 0.25) is 0 Å². The molecule has 2 aromatic carbocycles. The van der Waals surface area contributed by atoms with Crippen molar-refractivity contribution < 1.29 is 18.7 Å². The second kappa shape index (κ2) is 6.77. The largest absolute Gasteiger partial charge is 0.464 e. The standard InChI is InChI=1S/C21H18O5/c1-2-24-18-11-16(14-8-4-3-7-13(14)12-22)19-20(26-18)15-9-5-6-10-17(15)25-21(19)23/h3-10,12,16,18H,2,11H2,1H3/t16-,18+/m1/s1. The van der Waals surface area contributed by atoms with E-state index in [-0.39, 0.29) is 5.92 Å². The predicted octanol–water partition coefficient (Wildman–Crippen LogP) is 3.88. The van der Waals surface area contributed by atoms with Crippen LogP contribution in [0.4, 0.5) is 0 Å². The Morgan fingerprint density at radius 2 is 1.92 bits per heavy atom. The zero-order chi connectivity index (χ0) is 18.1. The molecular weight excluding hydrogens is 332 g/mol. The number of benzene rings is 2. The van der Waals surface area contributed by atoms with E-state index in [1.165, 1.54) is 0 Å². The van der Waals surface area contributed by atoms with Crippen LogP contribution in [0.5, 0.6) is 5.75 Å². The van der Waals surface area contributed by atoms with Crippen LogP contribution in [0.15, 0.2) is 57.7 Å². The molecule has 2 heterocycles. The van der Waals surface area contributed by atoms with Crippen LogP contribution in [0, 0.1) is 0 Å². The highest BCUT2D eigenvalue weighted by atomic mass is 16.7. The molecule has 0 bridgehead atoms. The fourth-order valence-electron chi connectivity index (χ4n) is 3.56. The normalized spacial score (nSPS) is 19.0. The molecule has 0 spiro atoms. The van der Waals surface area contributed by atoms with Crippen molar-refractivity contribution in [3.8, 4) is 5.75 Å². The maximum Gasteiger partial charge on any atom is 0.343 e. The quantitative estimate of drug-likeness (QED) is 0.528. The lowest BCUT2D eigenvalue weighted by Crippen LogP contribution is -2.32. The highest BCUT2D eigenvalue weighted by Gasteiger charge is 2.35. The van der Waals surface area contributed by atoms with E-state index in [2.05, 4.69) is 0 Å². The first-order valence-electron chi connectivity index (χ1n) is 8.61. The summed E-state index contributed by atoms with van der Waals surface area (Å²) in [7, 11) is 0. The molecular formula is C21H18O5. The average Bonchev–Trinajstić information content (AvgIpc) is 2.67. The lowest BCUT2D eigenvalue weighted by molar-refractivity contribution is -0.0890. The molecule has 1 aliphatic rings. The highest BCUT2D eigenvalue weighted by Crippen LogP contribution is 2.43. The Balaban J connectivity index is 1.98. The number of carbonyl (C=O) groups is 1. The summed E-state index contributed by atoms with van der Waals surface area (Å²) in [6.07, 6.45) is 0.750. The van der Waals surface area contributed by atoms with Crippen LogP contribution in [0.25, 0.3) is 11.0 Å². The number of hydrogen-bond acceptors (Lipinski definition) is 5. The third-order valence-corrected chi connectivity index (χ3v) is 4.68. The molecule has 1 aromatic heterocycles. The Morgan fingerprint density at radius 3 is 2.73 bits per heavy atom. The van der Waals surface area contributed by atoms with Crippen molar-refractivity contribution in [1.29, 1.82) is 0 Å². The Bertz CT molecular complexity index is 1020. The Morgan fingerprint density at radius 1 is 1.15 bits per heavy atom. The van der Waals surface area contributed by atoms with Crippen LogP contribution in [0.3, 0.4) is 0 Å². The summed E-state index contributed by atoms with van der Waals surface area (Å²) in [5, 5.41) is 0.722. The van der Waals surface area contributed by atoms with Gasteiger partial charge in [-0.15, -0.1) is 0 Å². The summed E-state index contributed by atoms with van der Waals surface area (Å²) in [5.41, 5.74) is 1.79. The van der Waals surface area contributed by atoms with Crippen molar-refractivity contribution in [2.24, 2.45) is 0 Å². The minimum absolute atomic E-state index is 0.336. The number of rotatable bonds is 4. The van der Waals surface area contributed by atoms with E-state index in [4.69, 9.17) is 13.9 Å². The first kappa shape index (κ1) is 16.5. The molecule has 0 aliphatic carbocycles. The van der Waals surface area contributed by atoms with Crippen LogP contribution in [0.1, 0.15) is 40.7 Å². The second-order valence-electron chi connectivity index (χ2n) is 6.17. The molecule has 2 atom stereocenters. The van der Waals surface area contributed by atoms with Gasteiger partial charge in [0, 0.05) is 24.5 Å². The molecule has 0 amide bonds. The summed E-state index contributed by atoms with van der Waals surface area (Å²) in [6, 6.07) is 14.5. The van der Waals surface area contributed by atoms with Gasteiger partial charge in [-0.3, -0.25) is 4.79 Å². The number of ether oxygens (including phenoxy) is 2. The maximum atomic E-state index is 12.7. The van der Waals surface area contributed by atoms with Gasteiger partial charge in [0.25, 0.3) is 0 Å². The van der Waals surface area contributed by atoms with Crippen LogP contribution in [-0.4, -0.2) is 19.2 Å². The van der Waals surface area contributed by atoms with Crippen molar-refractivity contribution >= 4 is 17.3 Å². The van der Waals surface area contributed by atoms with Gasteiger partial charge in [-0.05, 0) is 24.6 Å². The molecule has 0 fully saturated rings. The fraction of sp³-hybridized carbons (Fsp3) is 0.238. The van der Waals surface area contributed by atoms with Crippen LogP contribution >= 0.6 is 0 Å². The molecule has 5 heteroatoms. The van der Waals surface area contributed by atoms with Crippen molar-refractivity contribution in [2.45, 2.75) is 25.6 Å². The minimum Gasteiger partial charge on any atom is -0.464 e. The zero-order valence-electron chi connectivity index (χ0n) is 14.3. The summed E-state index contributed by atoms with van der Waals surface area (Å²) >= 11 is 0. The van der Waals surface area contributed by atoms with E-state index < -0.39 is 11.9 Å². The van der Waals surface area contributed by atoms with Crippen LogP contribution in [-0.2, 0) is 4.74 Å². The molecule has 0 unspecified atom stereocenters. The van der Waals surface area contributed by atoms with Gasteiger partial charge in [0.1, 0.15) is 17.6 Å².